The number of hydrogen-bond donors (Lipinski definition) is 1. The van der Waals surface area contributed by atoms with Crippen LogP contribution in [0.3, 0.4) is 0 Å². The van der Waals surface area contributed by atoms with Crippen LogP contribution in [0.1, 0.15) is 10.4 Å². The van der Waals surface area contributed by atoms with E-state index in [1.807, 2.05) is 54.6 Å². The van der Waals surface area contributed by atoms with Crippen molar-refractivity contribution in [2.45, 2.75) is 0 Å². The molecule has 0 radical (unpaired) electrons. The molecule has 1 heterocycles. The highest BCUT2D eigenvalue weighted by Crippen LogP contribution is 2.17. The van der Waals surface area contributed by atoms with Crippen molar-refractivity contribution in [2.24, 2.45) is 4.99 Å². The van der Waals surface area contributed by atoms with Gasteiger partial charge in [0.2, 0.25) is 0 Å². The van der Waals surface area contributed by atoms with Crippen molar-refractivity contribution in [1.82, 2.24) is 4.90 Å². The number of nitrogens with one attached hydrogen (secondary N) is 1. The maximum absolute atomic E-state index is 12.3. The molecule has 0 fully saturated rings. The summed E-state index contributed by atoms with van der Waals surface area (Å²) in [6.45, 7) is 0.513. The minimum atomic E-state index is -0.0244. The van der Waals surface area contributed by atoms with Gasteiger partial charge in [0.25, 0.3) is 5.91 Å². The van der Waals surface area contributed by atoms with Crippen LogP contribution in [-0.4, -0.2) is 23.6 Å². The molecule has 4 heteroatoms. The predicted molar refractivity (Wildman–Crippen MR) is 84.8 cm³/mol. The van der Waals surface area contributed by atoms with E-state index in [1.54, 1.807) is 23.5 Å². The lowest BCUT2D eigenvalue weighted by molar-refractivity contribution is 0.0838. The third-order valence-corrected chi connectivity index (χ3v) is 3.17. The molecule has 0 spiro atoms. The smallest absolute Gasteiger partial charge is 0.258 e. The van der Waals surface area contributed by atoms with E-state index in [1.165, 1.54) is 0 Å². The zero-order valence-corrected chi connectivity index (χ0v) is 11.4. The van der Waals surface area contributed by atoms with Crippen LogP contribution in [0.5, 0.6) is 0 Å². The number of anilines is 2. The van der Waals surface area contributed by atoms with Gasteiger partial charge in [-0.15, -0.1) is 0 Å². The number of rotatable bonds is 3. The van der Waals surface area contributed by atoms with Crippen LogP contribution in [-0.2, 0) is 0 Å². The Kier molecular flexibility index (Phi) is 3.78. The number of carbonyl (C=O) groups is 1. The highest BCUT2D eigenvalue weighted by molar-refractivity contribution is 5.96. The molecule has 2 aromatic carbocycles. The molecule has 0 saturated carbocycles. The molecule has 1 aliphatic heterocycles. The van der Waals surface area contributed by atoms with Crippen LogP contribution in [0.2, 0.25) is 0 Å². The van der Waals surface area contributed by atoms with Gasteiger partial charge in [-0.3, -0.25) is 9.79 Å². The number of amides is 1. The van der Waals surface area contributed by atoms with Gasteiger partial charge in [-0.2, -0.15) is 0 Å². The molecule has 0 bridgehead atoms. The number of benzene rings is 2. The molecule has 0 atom stereocenters. The second kappa shape index (κ2) is 6.05. The zero-order chi connectivity index (χ0) is 14.5. The van der Waals surface area contributed by atoms with Crippen LogP contribution < -0.4 is 5.32 Å². The van der Waals surface area contributed by atoms with Crippen molar-refractivity contribution in [2.75, 3.05) is 11.9 Å². The van der Waals surface area contributed by atoms with Crippen LogP contribution in [0, 0.1) is 0 Å². The number of hydrogen-bond acceptors (Lipinski definition) is 3. The van der Waals surface area contributed by atoms with Crippen molar-refractivity contribution in [1.29, 1.82) is 0 Å². The molecule has 0 saturated heterocycles. The van der Waals surface area contributed by atoms with Gasteiger partial charge in [0, 0.05) is 35.6 Å². The molecular formula is C17H15N3O. The van der Waals surface area contributed by atoms with Crippen LogP contribution in [0.25, 0.3) is 0 Å². The Balaban J connectivity index is 1.70. The van der Waals surface area contributed by atoms with E-state index >= 15 is 0 Å². The fraction of sp³-hybridized carbons (Fsp3) is 0.0588. The van der Waals surface area contributed by atoms with Gasteiger partial charge < -0.3 is 10.2 Å². The van der Waals surface area contributed by atoms with E-state index in [-0.39, 0.29) is 5.91 Å². The van der Waals surface area contributed by atoms with Gasteiger partial charge in [0.15, 0.2) is 0 Å². The van der Waals surface area contributed by atoms with Gasteiger partial charge in [0.1, 0.15) is 0 Å². The lowest BCUT2D eigenvalue weighted by Gasteiger charge is -2.18. The molecule has 3 rings (SSSR count). The third kappa shape index (κ3) is 3.17. The molecule has 0 aliphatic carbocycles. The molecule has 1 aliphatic rings. The molecule has 104 valence electrons. The standard InChI is InChI=1S/C17H15N3O/c21-17(20-12-10-18-11-13-20)14-6-8-16(9-7-14)19-15-4-2-1-3-5-15/h1-12,19H,13H2. The van der Waals surface area contributed by atoms with Crippen LogP contribution >= 0.6 is 0 Å². The van der Waals surface area contributed by atoms with Gasteiger partial charge in [0.05, 0.1) is 6.54 Å². The summed E-state index contributed by atoms with van der Waals surface area (Å²) in [5, 5.41) is 3.29. The summed E-state index contributed by atoms with van der Waals surface area (Å²) in [7, 11) is 0. The Hall–Kier alpha value is -2.88. The second-order valence-electron chi connectivity index (χ2n) is 4.66. The van der Waals surface area contributed by atoms with Crippen molar-refractivity contribution < 1.29 is 4.79 Å². The highest BCUT2D eigenvalue weighted by Gasteiger charge is 2.13. The fourth-order valence-corrected chi connectivity index (χ4v) is 2.08. The molecule has 1 N–H and O–H groups in total. The monoisotopic (exact) mass is 277 g/mol. The summed E-state index contributed by atoms with van der Waals surface area (Å²) < 4.78 is 0. The van der Waals surface area contributed by atoms with Gasteiger partial charge in [-0.1, -0.05) is 18.2 Å². The van der Waals surface area contributed by atoms with Crippen molar-refractivity contribution in [3.63, 3.8) is 0 Å². The Labute approximate surface area is 123 Å². The maximum atomic E-state index is 12.3. The van der Waals surface area contributed by atoms with Crippen LogP contribution in [0.15, 0.2) is 72.0 Å². The van der Waals surface area contributed by atoms with E-state index in [0.717, 1.165) is 11.4 Å². The minimum absolute atomic E-state index is 0.0244. The lowest BCUT2D eigenvalue weighted by Crippen LogP contribution is -2.28. The first kappa shape index (κ1) is 13.1. The highest BCUT2D eigenvalue weighted by atomic mass is 16.2. The van der Waals surface area contributed by atoms with Crippen molar-refractivity contribution in [3.05, 3.63) is 72.6 Å². The van der Waals surface area contributed by atoms with E-state index in [0.29, 0.717) is 12.1 Å². The molecule has 0 aromatic heterocycles. The molecule has 0 unspecified atom stereocenters. The largest absolute Gasteiger partial charge is 0.356 e. The molecule has 2 aromatic rings. The molecule has 1 amide bonds. The van der Waals surface area contributed by atoms with Gasteiger partial charge >= 0.3 is 0 Å². The summed E-state index contributed by atoms with van der Waals surface area (Å²) in [6, 6.07) is 17.4. The minimum Gasteiger partial charge on any atom is -0.356 e. The fourth-order valence-electron chi connectivity index (χ4n) is 2.08. The van der Waals surface area contributed by atoms with Crippen molar-refractivity contribution in [3.8, 4) is 0 Å². The van der Waals surface area contributed by atoms with Gasteiger partial charge in [-0.05, 0) is 36.4 Å². The van der Waals surface area contributed by atoms with E-state index in [2.05, 4.69) is 10.3 Å². The zero-order valence-electron chi connectivity index (χ0n) is 11.4. The Bertz CT molecular complexity index is 675. The Morgan fingerprint density at radius 3 is 2.38 bits per heavy atom. The first-order chi connectivity index (χ1) is 10.3. The topological polar surface area (TPSA) is 44.7 Å². The van der Waals surface area contributed by atoms with Crippen LogP contribution in [0.4, 0.5) is 11.4 Å². The van der Waals surface area contributed by atoms with Crippen molar-refractivity contribution >= 4 is 23.5 Å². The SMILES string of the molecule is O=C(c1ccc(Nc2ccccc2)cc1)N1C=CN=CC1. The number of aliphatic imine (C=N–C) groups is 1. The van der Waals surface area contributed by atoms with Gasteiger partial charge in [-0.25, -0.2) is 0 Å². The summed E-state index contributed by atoms with van der Waals surface area (Å²) in [5.74, 6) is -0.0244. The number of nitrogens with zero attached hydrogens (tertiary/aromatic N) is 2. The molecular weight excluding hydrogens is 262 g/mol. The first-order valence-corrected chi connectivity index (χ1v) is 6.74. The third-order valence-electron chi connectivity index (χ3n) is 3.17. The normalized spacial score (nSPS) is 13.2. The van der Waals surface area contributed by atoms with E-state index in [4.69, 9.17) is 0 Å². The quantitative estimate of drug-likeness (QED) is 0.934. The van der Waals surface area contributed by atoms with E-state index < -0.39 is 0 Å². The Morgan fingerprint density at radius 1 is 1.00 bits per heavy atom. The summed E-state index contributed by atoms with van der Waals surface area (Å²) in [5.41, 5.74) is 2.63. The molecule has 21 heavy (non-hydrogen) atoms. The van der Waals surface area contributed by atoms with E-state index in [9.17, 15) is 4.79 Å². The average molecular weight is 277 g/mol. The first-order valence-electron chi connectivity index (χ1n) is 6.74. The molecule has 4 nitrogen and oxygen atoms in total. The average Bonchev–Trinajstić information content (AvgIpc) is 2.57. The predicted octanol–water partition coefficient (Wildman–Crippen LogP) is 3.43. The lowest BCUT2D eigenvalue weighted by atomic mass is 10.1. The summed E-state index contributed by atoms with van der Waals surface area (Å²) in [4.78, 5) is 17.8. The number of carbonyl (C=O) groups excluding carboxylic acids is 1. The Morgan fingerprint density at radius 2 is 1.71 bits per heavy atom. The summed E-state index contributed by atoms with van der Waals surface area (Å²) >= 11 is 0. The maximum Gasteiger partial charge on any atom is 0.258 e. The second-order valence-corrected chi connectivity index (χ2v) is 4.66. The number of para-hydroxylation sites is 1. The summed E-state index contributed by atoms with van der Waals surface area (Å²) in [6.07, 6.45) is 5.02.